The molecule has 3 rings (SSSR count). The fourth-order valence-corrected chi connectivity index (χ4v) is 3.15. The Hall–Kier alpha value is -1.50. The molecule has 0 amide bonds. The minimum atomic E-state index is -0.365. The quantitative estimate of drug-likeness (QED) is 0.631. The number of hydrogen-bond acceptors (Lipinski definition) is 5. The van der Waals surface area contributed by atoms with E-state index in [9.17, 15) is 10.1 Å². The van der Waals surface area contributed by atoms with Crippen LogP contribution in [0.5, 0.6) is 0 Å². The number of benzene rings is 1. The number of likely N-dealkylation sites (tertiary alicyclic amines) is 1. The summed E-state index contributed by atoms with van der Waals surface area (Å²) in [6.07, 6.45) is 2.94. The van der Waals surface area contributed by atoms with E-state index in [-0.39, 0.29) is 22.5 Å². The van der Waals surface area contributed by atoms with Gasteiger partial charge in [-0.25, -0.2) is 0 Å². The highest BCUT2D eigenvalue weighted by Crippen LogP contribution is 2.33. The highest BCUT2D eigenvalue weighted by atomic mass is 16.7. The van der Waals surface area contributed by atoms with Gasteiger partial charge in [-0.1, -0.05) is 12.1 Å². The smallest absolute Gasteiger partial charge is 0.269 e. The molecule has 2 saturated heterocycles. The molecule has 1 aromatic carbocycles. The van der Waals surface area contributed by atoms with Crippen molar-refractivity contribution in [2.75, 3.05) is 26.2 Å². The maximum Gasteiger partial charge on any atom is 0.269 e. The fourth-order valence-electron chi connectivity index (χ4n) is 3.15. The van der Waals surface area contributed by atoms with Crippen molar-refractivity contribution in [3.8, 4) is 0 Å². The van der Waals surface area contributed by atoms with Crippen molar-refractivity contribution in [1.29, 1.82) is 0 Å². The number of nitro benzene ring substituents is 1. The molecule has 0 unspecified atom stereocenters. The first-order chi connectivity index (χ1) is 10.6. The third-order valence-electron chi connectivity index (χ3n) is 4.48. The molecular weight excluding hydrogens is 284 g/mol. The van der Waals surface area contributed by atoms with E-state index in [0.29, 0.717) is 6.61 Å². The number of nitro groups is 1. The van der Waals surface area contributed by atoms with Crippen LogP contribution in [0.15, 0.2) is 24.3 Å². The molecule has 0 saturated carbocycles. The predicted octanol–water partition coefficient (Wildman–Crippen LogP) is 2.36. The lowest BCUT2D eigenvalue weighted by molar-refractivity contribution is -0.384. The molecule has 0 aliphatic carbocycles. The lowest BCUT2D eigenvalue weighted by Crippen LogP contribution is -2.45. The zero-order valence-electron chi connectivity index (χ0n) is 12.9. The van der Waals surface area contributed by atoms with Crippen LogP contribution in [0.25, 0.3) is 0 Å². The van der Waals surface area contributed by atoms with E-state index in [2.05, 4.69) is 11.8 Å². The first-order valence-corrected chi connectivity index (χ1v) is 7.84. The van der Waals surface area contributed by atoms with E-state index in [1.807, 2.05) is 12.1 Å². The van der Waals surface area contributed by atoms with Crippen molar-refractivity contribution in [2.24, 2.45) is 0 Å². The Labute approximate surface area is 130 Å². The molecule has 22 heavy (non-hydrogen) atoms. The second-order valence-corrected chi connectivity index (χ2v) is 6.17. The van der Waals surface area contributed by atoms with Crippen LogP contribution in [0, 0.1) is 10.1 Å². The van der Waals surface area contributed by atoms with E-state index in [1.54, 1.807) is 12.1 Å². The largest absolute Gasteiger partial charge is 0.347 e. The van der Waals surface area contributed by atoms with E-state index in [4.69, 9.17) is 9.47 Å². The number of rotatable bonds is 4. The summed E-state index contributed by atoms with van der Waals surface area (Å²) in [4.78, 5) is 12.7. The molecule has 0 radical (unpaired) electrons. The number of ether oxygens (including phenoxy) is 2. The Balaban J connectivity index is 1.46. The van der Waals surface area contributed by atoms with Crippen LogP contribution in [0.3, 0.4) is 0 Å². The highest BCUT2D eigenvalue weighted by molar-refractivity contribution is 5.32. The maximum atomic E-state index is 10.6. The SMILES string of the molecule is C[C@@H]1COC2(CCN(CCc3ccc([N+](=O)[O-])cc3)CC2)O1. The second-order valence-electron chi connectivity index (χ2n) is 6.17. The van der Waals surface area contributed by atoms with Crippen molar-refractivity contribution in [3.63, 3.8) is 0 Å². The summed E-state index contributed by atoms with van der Waals surface area (Å²) in [7, 11) is 0. The van der Waals surface area contributed by atoms with E-state index >= 15 is 0 Å². The van der Waals surface area contributed by atoms with Crippen LogP contribution in [0.4, 0.5) is 5.69 Å². The lowest BCUT2D eigenvalue weighted by Gasteiger charge is -2.37. The third-order valence-corrected chi connectivity index (χ3v) is 4.48. The summed E-state index contributed by atoms with van der Waals surface area (Å²) in [6, 6.07) is 6.83. The average Bonchev–Trinajstić information content (AvgIpc) is 2.88. The molecule has 0 aromatic heterocycles. The third kappa shape index (κ3) is 3.45. The van der Waals surface area contributed by atoms with Gasteiger partial charge in [0.05, 0.1) is 17.6 Å². The van der Waals surface area contributed by atoms with Gasteiger partial charge in [-0.05, 0) is 18.9 Å². The molecule has 1 aromatic rings. The Morgan fingerprint density at radius 3 is 2.55 bits per heavy atom. The fraction of sp³-hybridized carbons (Fsp3) is 0.625. The van der Waals surface area contributed by atoms with Gasteiger partial charge in [0.25, 0.3) is 5.69 Å². The standard InChI is InChI=1S/C16H22N2O4/c1-13-12-21-16(22-13)7-10-17(11-8-16)9-6-14-2-4-15(5-3-14)18(19)20/h2-5,13H,6-12H2,1H3/t13-/m1/s1. The Morgan fingerprint density at radius 1 is 1.32 bits per heavy atom. The van der Waals surface area contributed by atoms with Crippen LogP contribution in [-0.2, 0) is 15.9 Å². The number of hydrogen-bond donors (Lipinski definition) is 0. The first-order valence-electron chi connectivity index (χ1n) is 7.84. The van der Waals surface area contributed by atoms with Crippen LogP contribution in [0.1, 0.15) is 25.3 Å². The van der Waals surface area contributed by atoms with Crippen LogP contribution < -0.4 is 0 Å². The molecule has 1 atom stereocenters. The van der Waals surface area contributed by atoms with Crippen molar-refractivity contribution in [2.45, 2.75) is 38.1 Å². The summed E-state index contributed by atoms with van der Waals surface area (Å²) >= 11 is 0. The topological polar surface area (TPSA) is 64.8 Å². The summed E-state index contributed by atoms with van der Waals surface area (Å²) < 4.78 is 11.8. The van der Waals surface area contributed by atoms with Gasteiger partial charge in [0.1, 0.15) is 0 Å². The van der Waals surface area contributed by atoms with E-state index in [0.717, 1.165) is 44.5 Å². The predicted molar refractivity (Wildman–Crippen MR) is 81.7 cm³/mol. The summed E-state index contributed by atoms with van der Waals surface area (Å²) in [5.41, 5.74) is 1.28. The molecule has 1 spiro atoms. The lowest BCUT2D eigenvalue weighted by atomic mass is 10.0. The van der Waals surface area contributed by atoms with Gasteiger partial charge in [-0.2, -0.15) is 0 Å². The zero-order valence-corrected chi connectivity index (χ0v) is 12.9. The van der Waals surface area contributed by atoms with Gasteiger partial charge < -0.3 is 14.4 Å². The molecule has 2 aliphatic rings. The van der Waals surface area contributed by atoms with Gasteiger partial charge in [0.2, 0.25) is 0 Å². The maximum absolute atomic E-state index is 10.6. The number of non-ortho nitro benzene ring substituents is 1. The number of nitrogens with zero attached hydrogens (tertiary/aromatic N) is 2. The summed E-state index contributed by atoms with van der Waals surface area (Å²) in [6.45, 7) is 5.65. The van der Waals surface area contributed by atoms with E-state index < -0.39 is 0 Å². The minimum absolute atomic E-state index is 0.147. The normalized spacial score (nSPS) is 24.7. The Bertz CT molecular complexity index is 523. The zero-order chi connectivity index (χ0) is 15.6. The first kappa shape index (κ1) is 15.4. The minimum Gasteiger partial charge on any atom is -0.347 e. The molecule has 6 nitrogen and oxygen atoms in total. The Morgan fingerprint density at radius 2 is 2.00 bits per heavy atom. The van der Waals surface area contributed by atoms with Gasteiger partial charge in [0, 0.05) is 44.6 Å². The van der Waals surface area contributed by atoms with Crippen molar-refractivity contribution < 1.29 is 14.4 Å². The molecule has 6 heteroatoms. The monoisotopic (exact) mass is 306 g/mol. The van der Waals surface area contributed by atoms with Gasteiger partial charge >= 0.3 is 0 Å². The van der Waals surface area contributed by atoms with Gasteiger partial charge in [-0.15, -0.1) is 0 Å². The van der Waals surface area contributed by atoms with Crippen LogP contribution in [0.2, 0.25) is 0 Å². The summed E-state index contributed by atoms with van der Waals surface area (Å²) in [5.74, 6) is -0.344. The average molecular weight is 306 g/mol. The van der Waals surface area contributed by atoms with Crippen molar-refractivity contribution in [1.82, 2.24) is 4.90 Å². The van der Waals surface area contributed by atoms with Crippen LogP contribution in [-0.4, -0.2) is 48.0 Å². The van der Waals surface area contributed by atoms with E-state index in [1.165, 1.54) is 0 Å². The molecular formula is C16H22N2O4. The number of piperidine rings is 1. The van der Waals surface area contributed by atoms with Crippen molar-refractivity contribution >= 4 is 5.69 Å². The molecule has 2 heterocycles. The Kier molecular flexibility index (Phi) is 4.42. The highest BCUT2D eigenvalue weighted by Gasteiger charge is 2.42. The molecule has 0 bridgehead atoms. The molecule has 120 valence electrons. The molecule has 0 N–H and O–H groups in total. The van der Waals surface area contributed by atoms with Crippen LogP contribution >= 0.6 is 0 Å². The summed E-state index contributed by atoms with van der Waals surface area (Å²) in [5, 5.41) is 10.6. The van der Waals surface area contributed by atoms with Gasteiger partial charge in [0.15, 0.2) is 5.79 Å². The molecule has 2 aliphatic heterocycles. The van der Waals surface area contributed by atoms with Crippen molar-refractivity contribution in [3.05, 3.63) is 39.9 Å². The molecule has 2 fully saturated rings. The van der Waals surface area contributed by atoms with Gasteiger partial charge in [-0.3, -0.25) is 10.1 Å². The second kappa shape index (κ2) is 6.32.